The van der Waals surface area contributed by atoms with E-state index in [4.69, 9.17) is 9.73 Å². The molecule has 2 N–H and O–H groups in total. The fourth-order valence-electron chi connectivity index (χ4n) is 4.53. The molecular weight excluding hydrogens is 386 g/mol. The molecule has 2 aliphatic rings. The highest BCUT2D eigenvalue weighted by Crippen LogP contribution is 2.16. The van der Waals surface area contributed by atoms with Gasteiger partial charge in [0.15, 0.2) is 5.96 Å². The summed E-state index contributed by atoms with van der Waals surface area (Å²) in [6, 6.07) is 8.70. The summed E-state index contributed by atoms with van der Waals surface area (Å²) in [6.45, 7) is 15.6. The van der Waals surface area contributed by atoms with Crippen LogP contribution in [-0.2, 0) is 17.8 Å². The number of ether oxygens (including phenoxy) is 1. The molecule has 2 aliphatic heterocycles. The molecular formula is C25H43N5O. The van der Waals surface area contributed by atoms with Crippen LogP contribution >= 0.6 is 0 Å². The minimum Gasteiger partial charge on any atom is -0.379 e. The van der Waals surface area contributed by atoms with Gasteiger partial charge in [-0.15, -0.1) is 0 Å². The summed E-state index contributed by atoms with van der Waals surface area (Å²) in [5.74, 6) is 1.79. The van der Waals surface area contributed by atoms with E-state index in [1.54, 1.807) is 0 Å². The van der Waals surface area contributed by atoms with E-state index in [2.05, 4.69) is 58.5 Å². The lowest BCUT2D eigenvalue weighted by Crippen LogP contribution is -2.38. The largest absolute Gasteiger partial charge is 0.379 e. The quantitative estimate of drug-likeness (QED) is 0.340. The average Bonchev–Trinajstić information content (AvgIpc) is 2.79. The van der Waals surface area contributed by atoms with Crippen LogP contribution in [0.15, 0.2) is 29.3 Å². The zero-order valence-electron chi connectivity index (χ0n) is 19.7. The molecule has 0 saturated carbocycles. The van der Waals surface area contributed by atoms with Crippen molar-refractivity contribution in [2.45, 2.75) is 52.6 Å². The summed E-state index contributed by atoms with van der Waals surface area (Å²) in [4.78, 5) is 9.98. The molecule has 1 aromatic rings. The summed E-state index contributed by atoms with van der Waals surface area (Å²) >= 11 is 0. The van der Waals surface area contributed by atoms with Crippen LogP contribution in [0.4, 0.5) is 0 Å². The van der Waals surface area contributed by atoms with Gasteiger partial charge in [-0.05, 0) is 62.7 Å². The molecule has 6 nitrogen and oxygen atoms in total. The van der Waals surface area contributed by atoms with Crippen LogP contribution in [0.25, 0.3) is 0 Å². The first kappa shape index (κ1) is 24.0. The first-order chi connectivity index (χ1) is 15.2. The van der Waals surface area contributed by atoms with E-state index in [1.807, 2.05) is 0 Å². The molecule has 174 valence electrons. The smallest absolute Gasteiger partial charge is 0.191 e. The predicted molar refractivity (Wildman–Crippen MR) is 129 cm³/mol. The SMILES string of the molecule is CCNC(=NCc1ccccc1CN1CCOCC1)NCCCCN1CCCC(C)C1. The summed E-state index contributed by atoms with van der Waals surface area (Å²) in [7, 11) is 0. The Labute approximate surface area is 189 Å². The highest BCUT2D eigenvalue weighted by Gasteiger charge is 2.15. The third-order valence-electron chi connectivity index (χ3n) is 6.30. The van der Waals surface area contributed by atoms with Crippen molar-refractivity contribution in [2.75, 3.05) is 59.0 Å². The van der Waals surface area contributed by atoms with Gasteiger partial charge in [0.2, 0.25) is 0 Å². The Morgan fingerprint density at radius 3 is 2.65 bits per heavy atom. The fourth-order valence-corrected chi connectivity index (χ4v) is 4.53. The Morgan fingerprint density at radius 1 is 1.06 bits per heavy atom. The molecule has 1 unspecified atom stereocenters. The monoisotopic (exact) mass is 429 g/mol. The van der Waals surface area contributed by atoms with Gasteiger partial charge in [-0.3, -0.25) is 4.90 Å². The van der Waals surface area contributed by atoms with Crippen LogP contribution in [0.3, 0.4) is 0 Å². The molecule has 0 spiro atoms. The number of unbranched alkanes of at least 4 members (excludes halogenated alkanes) is 1. The number of piperidine rings is 1. The van der Waals surface area contributed by atoms with Gasteiger partial charge in [0.25, 0.3) is 0 Å². The van der Waals surface area contributed by atoms with Crippen molar-refractivity contribution in [3.8, 4) is 0 Å². The van der Waals surface area contributed by atoms with Crippen LogP contribution in [-0.4, -0.2) is 74.8 Å². The predicted octanol–water partition coefficient (Wildman–Crippen LogP) is 3.09. The molecule has 6 heteroatoms. The van der Waals surface area contributed by atoms with Gasteiger partial charge >= 0.3 is 0 Å². The molecule has 3 rings (SSSR count). The van der Waals surface area contributed by atoms with Gasteiger partial charge in [0.1, 0.15) is 0 Å². The number of hydrogen-bond donors (Lipinski definition) is 2. The van der Waals surface area contributed by atoms with E-state index in [1.165, 1.54) is 56.4 Å². The van der Waals surface area contributed by atoms with Crippen molar-refractivity contribution in [3.63, 3.8) is 0 Å². The van der Waals surface area contributed by atoms with E-state index in [0.717, 1.165) is 57.8 Å². The minimum absolute atomic E-state index is 0.710. The number of aliphatic imine (C=N–C) groups is 1. The topological polar surface area (TPSA) is 52.1 Å². The van der Waals surface area contributed by atoms with Crippen molar-refractivity contribution in [2.24, 2.45) is 10.9 Å². The fraction of sp³-hybridized carbons (Fsp3) is 0.720. The van der Waals surface area contributed by atoms with Crippen molar-refractivity contribution >= 4 is 5.96 Å². The second kappa shape index (κ2) is 13.7. The number of guanidine groups is 1. The molecule has 0 bridgehead atoms. The molecule has 2 saturated heterocycles. The van der Waals surface area contributed by atoms with Crippen molar-refractivity contribution in [1.29, 1.82) is 0 Å². The summed E-state index contributed by atoms with van der Waals surface area (Å²) in [5.41, 5.74) is 2.69. The molecule has 0 aromatic heterocycles. The zero-order valence-corrected chi connectivity index (χ0v) is 19.7. The Kier molecular flexibility index (Phi) is 10.6. The first-order valence-corrected chi connectivity index (χ1v) is 12.4. The maximum absolute atomic E-state index is 5.48. The highest BCUT2D eigenvalue weighted by molar-refractivity contribution is 5.79. The standard InChI is InChI=1S/C25H43N5O/c1-3-26-25(27-12-6-7-13-29-14-8-9-22(2)20-29)28-19-23-10-4-5-11-24(23)21-30-15-17-31-18-16-30/h4-5,10-11,22H,3,6-9,12-21H2,1-2H3,(H2,26,27,28). The number of likely N-dealkylation sites (tertiary alicyclic amines) is 1. The highest BCUT2D eigenvalue weighted by atomic mass is 16.5. The molecule has 0 aliphatic carbocycles. The van der Waals surface area contributed by atoms with Crippen molar-refractivity contribution < 1.29 is 4.74 Å². The number of hydrogen-bond acceptors (Lipinski definition) is 4. The summed E-state index contributed by atoms with van der Waals surface area (Å²) in [6.07, 6.45) is 5.20. The van der Waals surface area contributed by atoms with E-state index in [9.17, 15) is 0 Å². The maximum Gasteiger partial charge on any atom is 0.191 e. The van der Waals surface area contributed by atoms with Gasteiger partial charge in [0, 0.05) is 39.3 Å². The van der Waals surface area contributed by atoms with Crippen molar-refractivity contribution in [3.05, 3.63) is 35.4 Å². The van der Waals surface area contributed by atoms with Gasteiger partial charge in [-0.2, -0.15) is 0 Å². The summed E-state index contributed by atoms with van der Waals surface area (Å²) in [5, 5.41) is 6.93. The third-order valence-corrected chi connectivity index (χ3v) is 6.30. The van der Waals surface area contributed by atoms with Crippen LogP contribution in [0.1, 0.15) is 50.7 Å². The Bertz CT molecular complexity index is 659. The Hall–Kier alpha value is -1.63. The van der Waals surface area contributed by atoms with E-state index in [-0.39, 0.29) is 0 Å². The number of rotatable bonds is 10. The molecule has 31 heavy (non-hydrogen) atoms. The molecule has 1 aromatic carbocycles. The number of benzene rings is 1. The lowest BCUT2D eigenvalue weighted by molar-refractivity contribution is 0.0341. The zero-order chi connectivity index (χ0) is 21.7. The maximum atomic E-state index is 5.48. The van der Waals surface area contributed by atoms with Crippen LogP contribution in [0, 0.1) is 5.92 Å². The Balaban J connectivity index is 1.43. The van der Waals surface area contributed by atoms with Crippen LogP contribution in [0.2, 0.25) is 0 Å². The lowest BCUT2D eigenvalue weighted by Gasteiger charge is -2.30. The number of nitrogens with zero attached hydrogens (tertiary/aromatic N) is 3. The number of nitrogens with one attached hydrogen (secondary N) is 2. The van der Waals surface area contributed by atoms with E-state index < -0.39 is 0 Å². The molecule has 0 radical (unpaired) electrons. The van der Waals surface area contributed by atoms with Crippen LogP contribution in [0.5, 0.6) is 0 Å². The van der Waals surface area contributed by atoms with E-state index >= 15 is 0 Å². The van der Waals surface area contributed by atoms with Gasteiger partial charge in [0.05, 0.1) is 19.8 Å². The van der Waals surface area contributed by atoms with Gasteiger partial charge in [-0.1, -0.05) is 31.2 Å². The lowest BCUT2D eigenvalue weighted by atomic mass is 10.0. The second-order valence-electron chi connectivity index (χ2n) is 9.03. The van der Waals surface area contributed by atoms with Gasteiger partial charge in [-0.25, -0.2) is 4.99 Å². The normalized spacial score (nSPS) is 21.2. The summed E-state index contributed by atoms with van der Waals surface area (Å²) < 4.78 is 5.48. The molecule has 0 amide bonds. The molecule has 1 atom stereocenters. The molecule has 2 heterocycles. The first-order valence-electron chi connectivity index (χ1n) is 12.4. The average molecular weight is 430 g/mol. The molecule has 2 fully saturated rings. The minimum atomic E-state index is 0.710. The number of morpholine rings is 1. The third kappa shape index (κ3) is 8.79. The van der Waals surface area contributed by atoms with Crippen LogP contribution < -0.4 is 10.6 Å². The van der Waals surface area contributed by atoms with Crippen molar-refractivity contribution in [1.82, 2.24) is 20.4 Å². The van der Waals surface area contributed by atoms with E-state index in [0.29, 0.717) is 6.54 Å². The second-order valence-corrected chi connectivity index (χ2v) is 9.03. The Morgan fingerprint density at radius 2 is 1.87 bits per heavy atom. The van der Waals surface area contributed by atoms with Gasteiger partial charge < -0.3 is 20.3 Å².